The Morgan fingerprint density at radius 1 is 1.67 bits per heavy atom. The van der Waals surface area contributed by atoms with Crippen LogP contribution in [0.15, 0.2) is 17.3 Å². The predicted octanol–water partition coefficient (Wildman–Crippen LogP) is 2.69. The molecule has 0 radical (unpaired) electrons. The molecular formula is C7H13NS. The lowest BCUT2D eigenvalue weighted by Crippen LogP contribution is -1.82. The van der Waals surface area contributed by atoms with E-state index in [2.05, 4.69) is 18.5 Å². The van der Waals surface area contributed by atoms with Gasteiger partial charge in [0, 0.05) is 5.70 Å². The molecule has 0 aliphatic rings. The van der Waals surface area contributed by atoms with Gasteiger partial charge in [-0.25, -0.2) is 0 Å². The van der Waals surface area contributed by atoms with Crippen molar-refractivity contribution in [2.75, 3.05) is 6.26 Å². The molecule has 0 heterocycles. The fraction of sp³-hybridized carbons (Fsp3) is 0.571. The van der Waals surface area contributed by atoms with E-state index in [1.54, 1.807) is 11.8 Å². The Balaban J connectivity index is 3.79. The second-order valence-corrected chi connectivity index (χ2v) is 2.75. The van der Waals surface area contributed by atoms with Crippen molar-refractivity contribution in [1.82, 2.24) is 0 Å². The van der Waals surface area contributed by atoms with Crippen molar-refractivity contribution in [2.24, 2.45) is 4.99 Å². The number of thioether (sulfide) groups is 1. The molecule has 0 unspecified atom stereocenters. The van der Waals surface area contributed by atoms with E-state index in [4.69, 9.17) is 0 Å². The van der Waals surface area contributed by atoms with Crippen LogP contribution in [-0.2, 0) is 0 Å². The first kappa shape index (κ1) is 8.76. The van der Waals surface area contributed by atoms with Crippen molar-refractivity contribution >= 4 is 16.8 Å². The van der Waals surface area contributed by atoms with Gasteiger partial charge >= 0.3 is 0 Å². The van der Waals surface area contributed by atoms with Gasteiger partial charge in [0.05, 0.1) is 5.04 Å². The minimum absolute atomic E-state index is 0.942. The number of aliphatic imine (C=N–C) groups is 1. The second kappa shape index (κ2) is 4.62. The normalized spacial score (nSPS) is 11.7. The SMILES string of the molecule is C=C(CC)N=C(C)SC. The Morgan fingerprint density at radius 3 is 2.56 bits per heavy atom. The zero-order valence-electron chi connectivity index (χ0n) is 6.27. The first-order valence-electron chi connectivity index (χ1n) is 2.97. The van der Waals surface area contributed by atoms with Gasteiger partial charge in [-0.05, 0) is 19.6 Å². The van der Waals surface area contributed by atoms with Crippen molar-refractivity contribution in [2.45, 2.75) is 20.3 Å². The molecule has 0 aromatic heterocycles. The van der Waals surface area contributed by atoms with Gasteiger partial charge in [0.25, 0.3) is 0 Å². The highest BCUT2D eigenvalue weighted by atomic mass is 32.2. The minimum atomic E-state index is 0.942. The lowest BCUT2D eigenvalue weighted by molar-refractivity contribution is 1.08. The Hall–Kier alpha value is -0.240. The van der Waals surface area contributed by atoms with Gasteiger partial charge in [0.2, 0.25) is 0 Å². The smallest absolute Gasteiger partial charge is 0.0700 e. The van der Waals surface area contributed by atoms with E-state index in [-0.39, 0.29) is 0 Å². The zero-order chi connectivity index (χ0) is 7.28. The van der Waals surface area contributed by atoms with E-state index in [1.165, 1.54) is 0 Å². The minimum Gasteiger partial charge on any atom is -0.252 e. The summed E-state index contributed by atoms with van der Waals surface area (Å²) in [6.07, 6.45) is 2.96. The average molecular weight is 143 g/mol. The molecule has 1 nitrogen and oxygen atoms in total. The molecular weight excluding hydrogens is 130 g/mol. The molecule has 0 atom stereocenters. The lowest BCUT2D eigenvalue weighted by atomic mass is 10.4. The van der Waals surface area contributed by atoms with E-state index in [0.717, 1.165) is 17.2 Å². The molecule has 9 heavy (non-hydrogen) atoms. The van der Waals surface area contributed by atoms with Gasteiger partial charge < -0.3 is 0 Å². The molecule has 0 bridgehead atoms. The van der Waals surface area contributed by atoms with Crippen molar-refractivity contribution in [3.63, 3.8) is 0 Å². The summed E-state index contributed by atoms with van der Waals surface area (Å²) in [5.41, 5.74) is 0.960. The van der Waals surface area contributed by atoms with Crippen LogP contribution in [0.25, 0.3) is 0 Å². The molecule has 0 aliphatic heterocycles. The molecule has 0 fully saturated rings. The summed E-state index contributed by atoms with van der Waals surface area (Å²) >= 11 is 1.66. The monoisotopic (exact) mass is 143 g/mol. The van der Waals surface area contributed by atoms with Crippen LogP contribution in [-0.4, -0.2) is 11.3 Å². The maximum Gasteiger partial charge on any atom is 0.0700 e. The fourth-order valence-electron chi connectivity index (χ4n) is 0.347. The van der Waals surface area contributed by atoms with Crippen LogP contribution in [0.4, 0.5) is 0 Å². The quantitative estimate of drug-likeness (QED) is 0.427. The predicted molar refractivity (Wildman–Crippen MR) is 46.1 cm³/mol. The summed E-state index contributed by atoms with van der Waals surface area (Å²) in [6, 6.07) is 0. The number of nitrogens with zero attached hydrogens (tertiary/aromatic N) is 1. The molecule has 0 amide bonds. The standard InChI is InChI=1S/C7H13NS/c1-5-6(2)8-7(3)9-4/h2,5H2,1,3-4H3. The fourth-order valence-corrected chi connectivity index (χ4v) is 0.568. The topological polar surface area (TPSA) is 12.4 Å². The van der Waals surface area contributed by atoms with Gasteiger partial charge in [0.1, 0.15) is 0 Å². The molecule has 0 saturated carbocycles. The first-order chi connectivity index (χ1) is 4.20. The van der Waals surface area contributed by atoms with E-state index in [1.807, 2.05) is 13.2 Å². The highest BCUT2D eigenvalue weighted by Gasteiger charge is 1.86. The molecule has 52 valence electrons. The van der Waals surface area contributed by atoms with Crippen molar-refractivity contribution < 1.29 is 0 Å². The Kier molecular flexibility index (Phi) is 4.50. The number of hydrogen-bond acceptors (Lipinski definition) is 2. The van der Waals surface area contributed by atoms with Crippen LogP contribution in [0.5, 0.6) is 0 Å². The molecule has 0 aromatic carbocycles. The molecule has 0 aliphatic carbocycles. The molecule has 0 N–H and O–H groups in total. The summed E-state index contributed by atoms with van der Waals surface area (Å²) in [6.45, 7) is 7.81. The highest BCUT2D eigenvalue weighted by molar-refractivity contribution is 8.13. The molecule has 0 rings (SSSR count). The van der Waals surface area contributed by atoms with Crippen LogP contribution in [0.1, 0.15) is 20.3 Å². The summed E-state index contributed by atoms with van der Waals surface area (Å²) < 4.78 is 0. The Morgan fingerprint density at radius 2 is 2.22 bits per heavy atom. The van der Waals surface area contributed by atoms with E-state index in [9.17, 15) is 0 Å². The Bertz CT molecular complexity index is 127. The van der Waals surface area contributed by atoms with Crippen molar-refractivity contribution in [3.05, 3.63) is 12.3 Å². The maximum absolute atomic E-state index is 4.20. The largest absolute Gasteiger partial charge is 0.252 e. The maximum atomic E-state index is 4.20. The summed E-state index contributed by atoms with van der Waals surface area (Å²) in [4.78, 5) is 4.20. The van der Waals surface area contributed by atoms with Gasteiger partial charge in [-0.3, -0.25) is 4.99 Å². The summed E-state index contributed by atoms with van der Waals surface area (Å²) in [5, 5.41) is 1.09. The van der Waals surface area contributed by atoms with Crippen molar-refractivity contribution in [1.29, 1.82) is 0 Å². The summed E-state index contributed by atoms with van der Waals surface area (Å²) in [7, 11) is 0. The third-order valence-electron chi connectivity index (χ3n) is 1.02. The van der Waals surface area contributed by atoms with Gasteiger partial charge in [0.15, 0.2) is 0 Å². The van der Waals surface area contributed by atoms with E-state index >= 15 is 0 Å². The van der Waals surface area contributed by atoms with E-state index in [0.29, 0.717) is 0 Å². The van der Waals surface area contributed by atoms with Gasteiger partial charge in [-0.1, -0.05) is 13.5 Å². The van der Waals surface area contributed by atoms with Gasteiger partial charge in [-0.15, -0.1) is 11.8 Å². The molecule has 0 saturated heterocycles. The van der Waals surface area contributed by atoms with E-state index < -0.39 is 0 Å². The van der Waals surface area contributed by atoms with Crippen LogP contribution in [0.3, 0.4) is 0 Å². The lowest BCUT2D eigenvalue weighted by Gasteiger charge is -1.94. The van der Waals surface area contributed by atoms with Crippen LogP contribution in [0, 0.1) is 0 Å². The van der Waals surface area contributed by atoms with Crippen LogP contribution in [0.2, 0.25) is 0 Å². The number of rotatable bonds is 2. The molecule has 0 aromatic rings. The van der Waals surface area contributed by atoms with Crippen LogP contribution >= 0.6 is 11.8 Å². The van der Waals surface area contributed by atoms with Crippen LogP contribution < -0.4 is 0 Å². The second-order valence-electron chi connectivity index (χ2n) is 1.75. The average Bonchev–Trinajstić information content (AvgIpc) is 1.87. The third kappa shape index (κ3) is 4.28. The highest BCUT2D eigenvalue weighted by Crippen LogP contribution is 2.04. The molecule has 2 heteroatoms. The number of allylic oxidation sites excluding steroid dienone is 1. The van der Waals surface area contributed by atoms with Gasteiger partial charge in [-0.2, -0.15) is 0 Å². The van der Waals surface area contributed by atoms with Crippen molar-refractivity contribution in [3.8, 4) is 0 Å². The number of hydrogen-bond donors (Lipinski definition) is 0. The third-order valence-corrected chi connectivity index (χ3v) is 1.70. The first-order valence-corrected chi connectivity index (χ1v) is 4.20. The summed E-state index contributed by atoms with van der Waals surface area (Å²) in [5.74, 6) is 0. The molecule has 0 spiro atoms. The zero-order valence-corrected chi connectivity index (χ0v) is 7.09. The Labute approximate surface area is 61.3 Å².